The fourth-order valence-corrected chi connectivity index (χ4v) is 3.50. The maximum absolute atomic E-state index is 12.6. The van der Waals surface area contributed by atoms with E-state index < -0.39 is 0 Å². The van der Waals surface area contributed by atoms with Crippen molar-refractivity contribution in [3.8, 4) is 0 Å². The van der Waals surface area contributed by atoms with Crippen molar-refractivity contribution in [2.45, 2.75) is 26.1 Å². The highest BCUT2D eigenvalue weighted by Gasteiger charge is 2.61. The van der Waals surface area contributed by atoms with E-state index in [2.05, 4.69) is 0 Å². The Labute approximate surface area is 117 Å². The van der Waals surface area contributed by atoms with Gasteiger partial charge < -0.3 is 4.74 Å². The molecular formula is C16H15NO3. The van der Waals surface area contributed by atoms with Crippen molar-refractivity contribution in [2.24, 2.45) is 11.8 Å². The van der Waals surface area contributed by atoms with Crippen LogP contribution in [0.5, 0.6) is 0 Å². The molecule has 20 heavy (non-hydrogen) atoms. The summed E-state index contributed by atoms with van der Waals surface area (Å²) in [5.41, 5.74) is 2.70. The molecule has 4 nitrogen and oxygen atoms in total. The van der Waals surface area contributed by atoms with Crippen molar-refractivity contribution in [1.29, 1.82) is 0 Å². The van der Waals surface area contributed by atoms with Crippen molar-refractivity contribution < 1.29 is 14.3 Å². The summed E-state index contributed by atoms with van der Waals surface area (Å²) in [5.74, 6) is -0.911. The first kappa shape index (κ1) is 11.9. The molecule has 2 saturated heterocycles. The molecule has 0 aliphatic carbocycles. The third-order valence-electron chi connectivity index (χ3n) is 4.52. The fourth-order valence-electron chi connectivity index (χ4n) is 3.50. The minimum absolute atomic E-state index is 0.120. The monoisotopic (exact) mass is 269 g/mol. The lowest BCUT2D eigenvalue weighted by atomic mass is 9.85. The maximum Gasteiger partial charge on any atom is 0.240 e. The Morgan fingerprint density at radius 1 is 1.00 bits per heavy atom. The van der Waals surface area contributed by atoms with Crippen molar-refractivity contribution in [3.63, 3.8) is 0 Å². The highest BCUT2D eigenvalue weighted by Crippen LogP contribution is 2.46. The third kappa shape index (κ3) is 1.34. The molecule has 4 rings (SSSR count). The summed E-state index contributed by atoms with van der Waals surface area (Å²) in [6.07, 6.45) is 3.36. The second-order valence-corrected chi connectivity index (χ2v) is 5.80. The van der Waals surface area contributed by atoms with E-state index >= 15 is 0 Å². The zero-order valence-corrected chi connectivity index (χ0v) is 11.4. The number of benzene rings is 1. The number of carbonyl (C=O) groups is 2. The van der Waals surface area contributed by atoms with E-state index in [9.17, 15) is 9.59 Å². The van der Waals surface area contributed by atoms with Gasteiger partial charge in [-0.3, -0.25) is 9.59 Å². The van der Waals surface area contributed by atoms with Gasteiger partial charge in [-0.2, -0.15) is 0 Å². The Kier molecular flexibility index (Phi) is 2.25. The highest BCUT2D eigenvalue weighted by atomic mass is 16.5. The first-order valence-electron chi connectivity index (χ1n) is 6.87. The van der Waals surface area contributed by atoms with Crippen LogP contribution in [0, 0.1) is 25.7 Å². The van der Waals surface area contributed by atoms with Crippen LogP contribution in [-0.4, -0.2) is 24.0 Å². The number of hydrogen-bond donors (Lipinski definition) is 0. The zero-order valence-electron chi connectivity index (χ0n) is 11.4. The minimum Gasteiger partial charge on any atom is -0.365 e. The van der Waals surface area contributed by atoms with Gasteiger partial charge in [0, 0.05) is 0 Å². The van der Waals surface area contributed by atoms with Crippen molar-refractivity contribution in [2.75, 3.05) is 4.90 Å². The lowest BCUT2D eigenvalue weighted by Gasteiger charge is -2.20. The Hall–Kier alpha value is -1.94. The van der Waals surface area contributed by atoms with Gasteiger partial charge in [-0.25, -0.2) is 4.90 Å². The molecule has 0 aromatic heterocycles. The molecule has 4 heteroatoms. The standard InChI is InChI=1S/C16H15NO3/c1-8-3-4-9(2)10(7-8)17-15(18)13-11-5-6-12(20-11)14(13)16(17)19/h3-7,11-14H,1-2H3/t11-,12+,13-,14+. The third-order valence-corrected chi connectivity index (χ3v) is 4.52. The van der Waals surface area contributed by atoms with Gasteiger partial charge in [-0.15, -0.1) is 0 Å². The molecule has 2 bridgehead atoms. The topological polar surface area (TPSA) is 46.6 Å². The first-order valence-corrected chi connectivity index (χ1v) is 6.87. The molecule has 3 aliphatic heterocycles. The Morgan fingerprint density at radius 2 is 1.60 bits per heavy atom. The molecule has 1 aromatic carbocycles. The summed E-state index contributed by atoms with van der Waals surface area (Å²) >= 11 is 0. The van der Waals surface area contributed by atoms with Crippen LogP contribution < -0.4 is 4.90 Å². The average molecular weight is 269 g/mol. The smallest absolute Gasteiger partial charge is 0.240 e. The van der Waals surface area contributed by atoms with Crippen LogP contribution in [-0.2, 0) is 14.3 Å². The van der Waals surface area contributed by atoms with E-state index in [0.717, 1.165) is 11.1 Å². The van der Waals surface area contributed by atoms with Crippen LogP contribution >= 0.6 is 0 Å². The molecule has 2 amide bonds. The summed E-state index contributed by atoms with van der Waals surface area (Å²) in [6, 6.07) is 5.84. The Bertz CT molecular complexity index is 634. The molecule has 2 fully saturated rings. The van der Waals surface area contributed by atoms with E-state index in [1.165, 1.54) is 4.90 Å². The van der Waals surface area contributed by atoms with Gasteiger partial charge in [-0.05, 0) is 31.0 Å². The van der Waals surface area contributed by atoms with Gasteiger partial charge in [0.1, 0.15) is 0 Å². The zero-order chi connectivity index (χ0) is 14.0. The molecule has 1 aromatic rings. The van der Waals surface area contributed by atoms with Gasteiger partial charge in [0.15, 0.2) is 0 Å². The average Bonchev–Trinajstić information content (AvgIpc) is 3.08. The van der Waals surface area contributed by atoms with Gasteiger partial charge in [0.05, 0.1) is 29.7 Å². The molecule has 0 saturated carbocycles. The minimum atomic E-state index is -0.336. The summed E-state index contributed by atoms with van der Waals surface area (Å²) < 4.78 is 5.64. The summed E-state index contributed by atoms with van der Waals surface area (Å²) in [7, 11) is 0. The van der Waals surface area contributed by atoms with Gasteiger partial charge in [0.2, 0.25) is 11.8 Å². The van der Waals surface area contributed by atoms with Crippen LogP contribution in [0.2, 0.25) is 0 Å². The van der Waals surface area contributed by atoms with Crippen molar-refractivity contribution in [3.05, 3.63) is 41.5 Å². The predicted molar refractivity (Wildman–Crippen MR) is 73.2 cm³/mol. The van der Waals surface area contributed by atoms with Gasteiger partial charge in [0.25, 0.3) is 0 Å². The Balaban J connectivity index is 1.80. The van der Waals surface area contributed by atoms with Crippen molar-refractivity contribution in [1.82, 2.24) is 0 Å². The number of rotatable bonds is 1. The molecule has 0 spiro atoms. The quantitative estimate of drug-likeness (QED) is 0.576. The van der Waals surface area contributed by atoms with E-state index in [0.29, 0.717) is 5.69 Å². The molecule has 3 heterocycles. The maximum atomic E-state index is 12.6. The largest absolute Gasteiger partial charge is 0.365 e. The Morgan fingerprint density at radius 3 is 2.20 bits per heavy atom. The molecule has 4 atom stereocenters. The number of nitrogens with zero attached hydrogens (tertiary/aromatic N) is 1. The fraction of sp³-hybridized carbons (Fsp3) is 0.375. The lowest BCUT2D eigenvalue weighted by molar-refractivity contribution is -0.124. The molecule has 102 valence electrons. The number of anilines is 1. The molecule has 3 aliphatic rings. The first-order chi connectivity index (χ1) is 9.58. The van der Waals surface area contributed by atoms with Crippen LogP contribution in [0.1, 0.15) is 11.1 Å². The normalized spacial score (nSPS) is 34.2. The van der Waals surface area contributed by atoms with Gasteiger partial charge in [-0.1, -0.05) is 24.3 Å². The van der Waals surface area contributed by atoms with Crippen molar-refractivity contribution >= 4 is 17.5 Å². The lowest BCUT2D eigenvalue weighted by Crippen LogP contribution is -2.34. The van der Waals surface area contributed by atoms with E-state index in [1.54, 1.807) is 0 Å². The predicted octanol–water partition coefficient (Wildman–Crippen LogP) is 1.75. The number of hydrogen-bond acceptors (Lipinski definition) is 3. The molecular weight excluding hydrogens is 254 g/mol. The summed E-state index contributed by atoms with van der Waals surface area (Å²) in [5, 5.41) is 0. The van der Waals surface area contributed by atoms with E-state index in [4.69, 9.17) is 4.74 Å². The summed E-state index contributed by atoms with van der Waals surface area (Å²) in [6.45, 7) is 3.88. The number of fused-ring (bicyclic) bond motifs is 5. The van der Waals surface area contributed by atoms with Crippen LogP contribution in [0.4, 0.5) is 5.69 Å². The van der Waals surface area contributed by atoms with Gasteiger partial charge >= 0.3 is 0 Å². The van der Waals surface area contributed by atoms with Crippen LogP contribution in [0.15, 0.2) is 30.4 Å². The second kappa shape index (κ2) is 3.79. The number of carbonyl (C=O) groups excluding carboxylic acids is 2. The summed E-state index contributed by atoms with van der Waals surface area (Å²) in [4.78, 5) is 26.7. The number of amides is 2. The van der Waals surface area contributed by atoms with Crippen LogP contribution in [0.25, 0.3) is 0 Å². The number of ether oxygens (including phenoxy) is 1. The van der Waals surface area contributed by atoms with Crippen LogP contribution in [0.3, 0.4) is 0 Å². The number of imide groups is 1. The second-order valence-electron chi connectivity index (χ2n) is 5.80. The van der Waals surface area contributed by atoms with E-state index in [1.807, 2.05) is 44.2 Å². The molecule has 0 N–H and O–H groups in total. The van der Waals surface area contributed by atoms with E-state index in [-0.39, 0.29) is 35.9 Å². The molecule has 0 radical (unpaired) electrons. The highest BCUT2D eigenvalue weighted by molar-refractivity contribution is 6.23. The molecule has 0 unspecified atom stereocenters. The number of aryl methyl sites for hydroxylation is 2. The SMILES string of the molecule is Cc1ccc(C)c(N2C(=O)[C@@H]3[C@H](C2=O)[C@H]2C=C[C@@H]3O2)c1.